The first-order valence-corrected chi connectivity index (χ1v) is 8.69. The van der Waals surface area contributed by atoms with Crippen LogP contribution >= 0.6 is 0 Å². The molecular formula is C19H17F3N4O2. The van der Waals surface area contributed by atoms with Gasteiger partial charge in [-0.05, 0) is 37.1 Å². The second-order valence-electron chi connectivity index (χ2n) is 7.08. The summed E-state index contributed by atoms with van der Waals surface area (Å²) in [7, 11) is 0. The number of hydrogen-bond acceptors (Lipinski definition) is 4. The van der Waals surface area contributed by atoms with E-state index >= 15 is 0 Å². The van der Waals surface area contributed by atoms with Crippen molar-refractivity contribution >= 4 is 0 Å². The molecule has 0 spiro atoms. The number of aromatic amines is 1. The molecule has 0 bridgehead atoms. The molecule has 4 rings (SSSR count). The van der Waals surface area contributed by atoms with Crippen LogP contribution in [0.1, 0.15) is 25.6 Å². The van der Waals surface area contributed by atoms with Gasteiger partial charge in [0.05, 0.1) is 17.6 Å². The van der Waals surface area contributed by atoms with Crippen LogP contribution in [0.15, 0.2) is 47.5 Å². The molecule has 0 aliphatic heterocycles. The molecule has 0 atom stereocenters. The van der Waals surface area contributed by atoms with Crippen molar-refractivity contribution in [3.63, 3.8) is 0 Å². The van der Waals surface area contributed by atoms with E-state index < -0.39 is 12.8 Å². The number of aromatic nitrogens is 4. The predicted molar refractivity (Wildman–Crippen MR) is 95.6 cm³/mol. The van der Waals surface area contributed by atoms with E-state index in [1.807, 2.05) is 6.92 Å². The van der Waals surface area contributed by atoms with Crippen LogP contribution in [0.2, 0.25) is 0 Å². The molecule has 1 aromatic carbocycles. The van der Waals surface area contributed by atoms with Crippen LogP contribution in [0.25, 0.3) is 16.9 Å². The van der Waals surface area contributed by atoms with Gasteiger partial charge in [-0.3, -0.25) is 14.5 Å². The molecule has 0 radical (unpaired) electrons. The quantitative estimate of drug-likeness (QED) is 0.722. The predicted octanol–water partition coefficient (Wildman–Crippen LogP) is 3.62. The highest BCUT2D eigenvalue weighted by Crippen LogP contribution is 2.47. The van der Waals surface area contributed by atoms with Crippen molar-refractivity contribution in [1.82, 2.24) is 19.7 Å². The summed E-state index contributed by atoms with van der Waals surface area (Å²) in [5.74, 6) is 0.705. The van der Waals surface area contributed by atoms with Crippen molar-refractivity contribution in [2.24, 2.45) is 0 Å². The van der Waals surface area contributed by atoms with Crippen LogP contribution in [0.4, 0.5) is 13.2 Å². The molecule has 0 saturated heterocycles. The average molecular weight is 390 g/mol. The van der Waals surface area contributed by atoms with Crippen LogP contribution in [0.5, 0.6) is 5.75 Å². The zero-order valence-electron chi connectivity index (χ0n) is 15.0. The highest BCUT2D eigenvalue weighted by Gasteiger charge is 2.43. The highest BCUT2D eigenvalue weighted by molar-refractivity contribution is 5.57. The number of rotatable bonds is 5. The lowest BCUT2D eigenvalue weighted by molar-refractivity contribution is -0.153. The number of nitrogens with one attached hydrogen (secondary N) is 1. The average Bonchev–Trinajstić information content (AvgIpc) is 3.17. The van der Waals surface area contributed by atoms with Gasteiger partial charge in [-0.15, -0.1) is 0 Å². The maximum Gasteiger partial charge on any atom is 0.422 e. The van der Waals surface area contributed by atoms with Gasteiger partial charge in [0.2, 0.25) is 0 Å². The normalized spacial score (nSPS) is 15.4. The van der Waals surface area contributed by atoms with Crippen LogP contribution in [-0.2, 0) is 5.41 Å². The fraction of sp³-hybridized carbons (Fsp3) is 0.316. The molecule has 2 aromatic heterocycles. The summed E-state index contributed by atoms with van der Waals surface area (Å²) in [5.41, 5.74) is 1.29. The molecule has 1 aliphatic carbocycles. The van der Waals surface area contributed by atoms with Crippen molar-refractivity contribution in [3.05, 3.63) is 58.9 Å². The molecule has 0 amide bonds. The van der Waals surface area contributed by atoms with E-state index in [-0.39, 0.29) is 16.7 Å². The number of nitrogens with zero attached hydrogens (tertiary/aromatic N) is 3. The Bertz CT molecular complexity index is 1040. The highest BCUT2D eigenvalue weighted by atomic mass is 19.4. The third kappa shape index (κ3) is 3.64. The van der Waals surface area contributed by atoms with E-state index in [1.54, 1.807) is 24.5 Å². The molecule has 28 heavy (non-hydrogen) atoms. The maximum atomic E-state index is 12.9. The summed E-state index contributed by atoms with van der Waals surface area (Å²) in [5, 5.41) is 6.60. The number of benzene rings is 1. The zero-order chi connectivity index (χ0) is 19.9. The zero-order valence-corrected chi connectivity index (χ0v) is 15.0. The molecule has 1 aliphatic rings. The van der Waals surface area contributed by atoms with Crippen molar-refractivity contribution in [3.8, 4) is 22.7 Å². The van der Waals surface area contributed by atoms with Gasteiger partial charge in [-0.25, -0.2) is 4.98 Å². The fourth-order valence-corrected chi connectivity index (χ4v) is 2.94. The topological polar surface area (TPSA) is 72.8 Å². The van der Waals surface area contributed by atoms with Crippen molar-refractivity contribution < 1.29 is 17.9 Å². The standard InChI is InChI=1S/C19H17F3N4O2/c1-18(6-7-18)17-25-15(12-9-23-24-10-12)8-16(27)26(17)13-2-4-14(5-3-13)28-11-19(20,21)22/h2-5,8-10H,6-7,11H2,1H3,(H,23,24). The molecule has 6 nitrogen and oxygen atoms in total. The van der Waals surface area contributed by atoms with E-state index in [0.29, 0.717) is 22.8 Å². The van der Waals surface area contributed by atoms with Crippen molar-refractivity contribution in [2.75, 3.05) is 6.61 Å². The Labute approximate surface area is 158 Å². The maximum absolute atomic E-state index is 12.9. The van der Waals surface area contributed by atoms with Crippen molar-refractivity contribution in [2.45, 2.75) is 31.4 Å². The summed E-state index contributed by atoms with van der Waals surface area (Å²) >= 11 is 0. The van der Waals surface area contributed by atoms with Gasteiger partial charge in [-0.2, -0.15) is 18.3 Å². The van der Waals surface area contributed by atoms with Crippen LogP contribution in [-0.4, -0.2) is 32.5 Å². The molecular weight excluding hydrogens is 373 g/mol. The van der Waals surface area contributed by atoms with E-state index in [1.165, 1.54) is 22.8 Å². The second kappa shape index (κ2) is 6.50. The van der Waals surface area contributed by atoms with Crippen LogP contribution in [0, 0.1) is 0 Å². The monoisotopic (exact) mass is 390 g/mol. The Morgan fingerprint density at radius 3 is 2.54 bits per heavy atom. The van der Waals surface area contributed by atoms with Gasteiger partial charge in [0, 0.05) is 23.2 Å². The lowest BCUT2D eigenvalue weighted by Gasteiger charge is -2.18. The largest absolute Gasteiger partial charge is 0.484 e. The third-order valence-corrected chi connectivity index (χ3v) is 4.75. The van der Waals surface area contributed by atoms with Gasteiger partial charge in [0.25, 0.3) is 5.56 Å². The SMILES string of the molecule is CC1(c2nc(-c3cn[nH]c3)cc(=O)n2-c2ccc(OCC(F)(F)F)cc2)CC1. The van der Waals surface area contributed by atoms with Crippen LogP contribution < -0.4 is 10.3 Å². The van der Waals surface area contributed by atoms with Gasteiger partial charge in [0.1, 0.15) is 11.6 Å². The van der Waals surface area contributed by atoms with Gasteiger partial charge in [-0.1, -0.05) is 6.92 Å². The Balaban J connectivity index is 1.72. The number of halogens is 3. The fourth-order valence-electron chi connectivity index (χ4n) is 2.94. The Morgan fingerprint density at radius 1 is 1.25 bits per heavy atom. The van der Waals surface area contributed by atoms with Gasteiger partial charge in [0.15, 0.2) is 6.61 Å². The smallest absolute Gasteiger partial charge is 0.422 e. The molecule has 1 saturated carbocycles. The lowest BCUT2D eigenvalue weighted by Crippen LogP contribution is -2.27. The minimum Gasteiger partial charge on any atom is -0.484 e. The van der Waals surface area contributed by atoms with E-state index in [0.717, 1.165) is 12.8 Å². The summed E-state index contributed by atoms with van der Waals surface area (Å²) in [6.07, 6.45) is 0.661. The first kappa shape index (κ1) is 18.3. The first-order valence-electron chi connectivity index (χ1n) is 8.69. The number of alkyl halides is 3. The molecule has 0 unspecified atom stereocenters. The minimum atomic E-state index is -4.41. The van der Waals surface area contributed by atoms with E-state index in [4.69, 9.17) is 9.72 Å². The molecule has 9 heteroatoms. The van der Waals surface area contributed by atoms with Gasteiger partial charge >= 0.3 is 6.18 Å². The van der Waals surface area contributed by atoms with Gasteiger partial charge < -0.3 is 4.74 Å². The van der Waals surface area contributed by atoms with Crippen molar-refractivity contribution in [1.29, 1.82) is 0 Å². The molecule has 1 N–H and O–H groups in total. The number of hydrogen-bond donors (Lipinski definition) is 1. The third-order valence-electron chi connectivity index (χ3n) is 4.75. The van der Waals surface area contributed by atoms with Crippen LogP contribution in [0.3, 0.4) is 0 Å². The summed E-state index contributed by atoms with van der Waals surface area (Å²) < 4.78 is 43.1. The summed E-state index contributed by atoms with van der Waals surface area (Å²) in [4.78, 5) is 17.6. The Hall–Kier alpha value is -3.10. The van der Waals surface area contributed by atoms with E-state index in [2.05, 4.69) is 10.2 Å². The molecule has 3 aromatic rings. The summed E-state index contributed by atoms with van der Waals surface area (Å²) in [6, 6.07) is 7.37. The Kier molecular flexibility index (Phi) is 4.24. The Morgan fingerprint density at radius 2 is 1.96 bits per heavy atom. The number of ether oxygens (including phenoxy) is 1. The summed E-state index contributed by atoms with van der Waals surface area (Å²) in [6.45, 7) is 0.668. The molecule has 1 fully saturated rings. The van der Waals surface area contributed by atoms with E-state index in [9.17, 15) is 18.0 Å². The first-order chi connectivity index (χ1) is 13.3. The molecule has 2 heterocycles. The lowest BCUT2D eigenvalue weighted by atomic mass is 10.1. The second-order valence-corrected chi connectivity index (χ2v) is 7.08. The minimum absolute atomic E-state index is 0.0799. The number of H-pyrrole nitrogens is 1. The molecule has 146 valence electrons.